The Morgan fingerprint density at radius 1 is 0.667 bits per heavy atom. The maximum Gasteiger partial charge on any atom is 0.537 e. The van der Waals surface area contributed by atoms with Crippen LogP contribution in [0.2, 0.25) is 0 Å². The summed E-state index contributed by atoms with van der Waals surface area (Å²) in [6.45, 7) is 7.96. The zero-order valence-electron chi connectivity index (χ0n) is 18.1. The molecule has 4 aromatic rings. The highest BCUT2D eigenvalue weighted by Crippen LogP contribution is 2.30. The number of rotatable bonds is 9. The van der Waals surface area contributed by atoms with Crippen molar-refractivity contribution >= 4 is 46.3 Å². The minimum absolute atomic E-state index is 0.558. The standard InChI is InChI=1S/C26H30O3Si/c1-4-7-17-29-30(27-5-2,28-6-3)25-14-10-13-20-15-16-23-18-21-11-8-9-12-22(21)19-24(23)26(20)25/h8-16,18-19H,4-7,17H2,1-3H3. The molecule has 0 radical (unpaired) electrons. The van der Waals surface area contributed by atoms with Crippen molar-refractivity contribution in [2.45, 2.75) is 33.6 Å². The van der Waals surface area contributed by atoms with Gasteiger partial charge in [0.05, 0.1) is 0 Å². The Balaban J connectivity index is 2.01. The third kappa shape index (κ3) is 3.88. The van der Waals surface area contributed by atoms with E-state index in [0.717, 1.165) is 18.0 Å². The molecule has 0 atom stereocenters. The van der Waals surface area contributed by atoms with Gasteiger partial charge in [-0.15, -0.1) is 0 Å². The fraction of sp³-hybridized carbons (Fsp3) is 0.308. The van der Waals surface area contributed by atoms with E-state index in [-0.39, 0.29) is 0 Å². The molecule has 0 aliphatic rings. The Morgan fingerprint density at radius 3 is 2.03 bits per heavy atom. The fourth-order valence-corrected chi connectivity index (χ4v) is 6.92. The summed E-state index contributed by atoms with van der Waals surface area (Å²) in [6.07, 6.45) is 2.07. The van der Waals surface area contributed by atoms with Crippen LogP contribution in [0.1, 0.15) is 33.6 Å². The third-order valence-electron chi connectivity index (χ3n) is 5.51. The van der Waals surface area contributed by atoms with Crippen LogP contribution in [0.25, 0.3) is 32.3 Å². The van der Waals surface area contributed by atoms with E-state index in [1.54, 1.807) is 0 Å². The molecular weight excluding hydrogens is 388 g/mol. The first-order valence-corrected chi connectivity index (χ1v) is 12.7. The van der Waals surface area contributed by atoms with Gasteiger partial charge in [0.2, 0.25) is 0 Å². The topological polar surface area (TPSA) is 27.7 Å². The van der Waals surface area contributed by atoms with Gasteiger partial charge in [-0.1, -0.05) is 67.9 Å². The van der Waals surface area contributed by atoms with Gasteiger partial charge in [-0.05, 0) is 64.7 Å². The van der Waals surface area contributed by atoms with Crippen LogP contribution in [-0.4, -0.2) is 28.6 Å². The van der Waals surface area contributed by atoms with Gasteiger partial charge < -0.3 is 13.3 Å². The molecule has 0 aliphatic heterocycles. The average Bonchev–Trinajstić information content (AvgIpc) is 2.77. The van der Waals surface area contributed by atoms with Crippen LogP contribution >= 0.6 is 0 Å². The first-order chi connectivity index (χ1) is 14.7. The summed E-state index contributed by atoms with van der Waals surface area (Å²) < 4.78 is 19.2. The molecule has 156 valence electrons. The molecular formula is C26H30O3Si. The molecule has 4 heteroatoms. The van der Waals surface area contributed by atoms with Crippen LogP contribution in [0.4, 0.5) is 0 Å². The molecule has 3 nitrogen and oxygen atoms in total. The molecule has 0 amide bonds. The summed E-state index contributed by atoms with van der Waals surface area (Å²) in [7, 11) is -3.06. The van der Waals surface area contributed by atoms with Gasteiger partial charge in [0.1, 0.15) is 0 Å². The van der Waals surface area contributed by atoms with Crippen molar-refractivity contribution in [1.82, 2.24) is 0 Å². The molecule has 30 heavy (non-hydrogen) atoms. The predicted octanol–water partition coefficient (Wildman–Crippen LogP) is 6.18. The predicted molar refractivity (Wildman–Crippen MR) is 128 cm³/mol. The maximum absolute atomic E-state index is 6.48. The number of fused-ring (bicyclic) bond motifs is 4. The molecule has 0 spiro atoms. The first-order valence-electron chi connectivity index (χ1n) is 11.0. The van der Waals surface area contributed by atoms with Crippen molar-refractivity contribution in [3.8, 4) is 0 Å². The van der Waals surface area contributed by atoms with Crippen molar-refractivity contribution in [2.75, 3.05) is 19.8 Å². The van der Waals surface area contributed by atoms with Gasteiger partial charge in [-0.25, -0.2) is 0 Å². The lowest BCUT2D eigenvalue weighted by atomic mass is 9.98. The summed E-state index contributed by atoms with van der Waals surface area (Å²) in [5, 5.41) is 8.37. The van der Waals surface area contributed by atoms with Crippen molar-refractivity contribution in [3.63, 3.8) is 0 Å². The lowest BCUT2D eigenvalue weighted by Gasteiger charge is -2.30. The molecule has 0 aromatic heterocycles. The Kier molecular flexibility index (Phi) is 6.49. The number of hydrogen-bond donors (Lipinski definition) is 0. The molecule has 4 aromatic carbocycles. The van der Waals surface area contributed by atoms with E-state index in [2.05, 4.69) is 73.7 Å². The summed E-state index contributed by atoms with van der Waals surface area (Å²) in [5.41, 5.74) is 0. The van der Waals surface area contributed by atoms with Crippen LogP contribution in [0.3, 0.4) is 0 Å². The largest absolute Gasteiger partial charge is 0.537 e. The molecule has 0 aliphatic carbocycles. The van der Waals surface area contributed by atoms with Gasteiger partial charge in [-0.3, -0.25) is 0 Å². The van der Waals surface area contributed by atoms with Gasteiger partial charge in [0, 0.05) is 25.0 Å². The van der Waals surface area contributed by atoms with E-state index in [0.29, 0.717) is 19.8 Å². The monoisotopic (exact) mass is 418 g/mol. The van der Waals surface area contributed by atoms with Crippen LogP contribution in [0, 0.1) is 0 Å². The SMILES string of the molecule is CCCCO[Si](OCC)(OCC)c1cccc2ccc3cc4ccccc4cc3c12. The number of benzene rings is 4. The molecule has 0 saturated heterocycles. The maximum atomic E-state index is 6.48. The van der Waals surface area contributed by atoms with Crippen LogP contribution in [0.5, 0.6) is 0 Å². The second kappa shape index (κ2) is 9.27. The molecule has 0 N–H and O–H groups in total. The quantitative estimate of drug-likeness (QED) is 0.141. The van der Waals surface area contributed by atoms with Crippen molar-refractivity contribution in [2.24, 2.45) is 0 Å². The molecule has 0 saturated carbocycles. The molecule has 0 unspecified atom stereocenters. The van der Waals surface area contributed by atoms with Crippen LogP contribution < -0.4 is 5.19 Å². The summed E-state index contributed by atoms with van der Waals surface area (Å²) in [5.74, 6) is 0. The van der Waals surface area contributed by atoms with E-state index < -0.39 is 8.80 Å². The minimum atomic E-state index is -3.06. The summed E-state index contributed by atoms with van der Waals surface area (Å²) in [4.78, 5) is 0. The number of unbranched alkanes of at least 4 members (excludes halogenated alkanes) is 1. The molecule has 4 rings (SSSR count). The van der Waals surface area contributed by atoms with E-state index >= 15 is 0 Å². The van der Waals surface area contributed by atoms with Gasteiger partial charge in [-0.2, -0.15) is 0 Å². The minimum Gasteiger partial charge on any atom is -0.370 e. The van der Waals surface area contributed by atoms with Crippen LogP contribution in [0.15, 0.2) is 66.7 Å². The van der Waals surface area contributed by atoms with Crippen LogP contribution in [-0.2, 0) is 13.3 Å². The zero-order chi connectivity index (χ0) is 21.0. The summed E-state index contributed by atoms with van der Waals surface area (Å²) >= 11 is 0. The van der Waals surface area contributed by atoms with Crippen molar-refractivity contribution < 1.29 is 13.3 Å². The summed E-state index contributed by atoms with van der Waals surface area (Å²) in [6, 6.07) is 23.9. The number of hydrogen-bond acceptors (Lipinski definition) is 3. The highest BCUT2D eigenvalue weighted by molar-refractivity contribution is 6.78. The average molecular weight is 419 g/mol. The van der Waals surface area contributed by atoms with Crippen molar-refractivity contribution in [3.05, 3.63) is 66.7 Å². The van der Waals surface area contributed by atoms with Crippen molar-refractivity contribution in [1.29, 1.82) is 0 Å². The Bertz CT molecular complexity index is 1150. The van der Waals surface area contributed by atoms with E-state index in [1.165, 1.54) is 32.3 Å². The lowest BCUT2D eigenvalue weighted by molar-refractivity contribution is 0.0806. The van der Waals surface area contributed by atoms with E-state index in [9.17, 15) is 0 Å². The zero-order valence-corrected chi connectivity index (χ0v) is 19.1. The fourth-order valence-electron chi connectivity index (χ4n) is 4.15. The molecule has 0 bridgehead atoms. The second-order valence-corrected chi connectivity index (χ2v) is 10.0. The van der Waals surface area contributed by atoms with Gasteiger partial charge >= 0.3 is 8.80 Å². The smallest absolute Gasteiger partial charge is 0.370 e. The molecule has 0 fully saturated rings. The van der Waals surface area contributed by atoms with E-state index in [1.807, 2.05) is 13.8 Å². The Morgan fingerprint density at radius 2 is 1.33 bits per heavy atom. The Hall–Kier alpha value is -2.24. The lowest BCUT2D eigenvalue weighted by Crippen LogP contribution is -2.57. The first kappa shape index (κ1) is 21.0. The second-order valence-electron chi connectivity index (χ2n) is 7.51. The van der Waals surface area contributed by atoms with Gasteiger partial charge in [0.15, 0.2) is 0 Å². The Labute approximate surface area is 179 Å². The van der Waals surface area contributed by atoms with E-state index in [4.69, 9.17) is 13.3 Å². The highest BCUT2D eigenvalue weighted by atomic mass is 28.4. The van der Waals surface area contributed by atoms with Gasteiger partial charge in [0.25, 0.3) is 0 Å². The third-order valence-corrected chi connectivity index (χ3v) is 8.51. The molecule has 0 heterocycles. The normalized spacial score (nSPS) is 12.2. The highest BCUT2D eigenvalue weighted by Gasteiger charge is 2.45.